The second-order valence-corrected chi connectivity index (χ2v) is 5.69. The van der Waals surface area contributed by atoms with E-state index < -0.39 is 0 Å². The average molecular weight is 251 g/mol. The minimum absolute atomic E-state index is 0.426. The second-order valence-electron chi connectivity index (χ2n) is 5.69. The minimum Gasteiger partial charge on any atom is -0.382 e. The molecule has 1 aliphatic rings. The van der Waals surface area contributed by atoms with Gasteiger partial charge in [-0.3, -0.25) is 5.10 Å². The lowest BCUT2D eigenvalue weighted by molar-refractivity contribution is 0.0113. The van der Waals surface area contributed by atoms with Gasteiger partial charge in [0.15, 0.2) is 0 Å². The number of nitrogens with one attached hydrogen (secondary N) is 1. The first-order valence-electron chi connectivity index (χ1n) is 7.10. The van der Waals surface area contributed by atoms with Crippen molar-refractivity contribution in [2.24, 2.45) is 5.92 Å². The highest BCUT2D eigenvalue weighted by atomic mass is 16.5. The van der Waals surface area contributed by atoms with Gasteiger partial charge in [-0.1, -0.05) is 13.8 Å². The maximum absolute atomic E-state index is 5.92. The van der Waals surface area contributed by atoms with Crippen LogP contribution in [-0.2, 0) is 17.6 Å². The standard InChI is InChI=1S/C14H25N3O/c1-10(2)9-12-13(16-17-14(12)15)7-6-11-5-3-4-8-18-11/h10-11H,3-9H2,1-2H3,(H3,15,16,17). The molecule has 2 heterocycles. The van der Waals surface area contributed by atoms with Crippen LogP contribution in [0.3, 0.4) is 0 Å². The topological polar surface area (TPSA) is 63.9 Å². The molecule has 4 nitrogen and oxygen atoms in total. The highest BCUT2D eigenvalue weighted by molar-refractivity contribution is 5.42. The van der Waals surface area contributed by atoms with Gasteiger partial charge in [0.1, 0.15) is 5.82 Å². The number of aryl methyl sites for hydroxylation is 1. The van der Waals surface area contributed by atoms with E-state index in [0.717, 1.165) is 25.9 Å². The quantitative estimate of drug-likeness (QED) is 0.845. The molecule has 3 N–H and O–H groups in total. The van der Waals surface area contributed by atoms with Crippen molar-refractivity contribution >= 4 is 5.82 Å². The summed E-state index contributed by atoms with van der Waals surface area (Å²) >= 11 is 0. The van der Waals surface area contributed by atoms with Crippen molar-refractivity contribution < 1.29 is 4.74 Å². The number of ether oxygens (including phenoxy) is 1. The van der Waals surface area contributed by atoms with E-state index in [9.17, 15) is 0 Å². The van der Waals surface area contributed by atoms with Gasteiger partial charge in [0.2, 0.25) is 0 Å². The van der Waals surface area contributed by atoms with Crippen LogP contribution in [0.4, 0.5) is 5.82 Å². The van der Waals surface area contributed by atoms with Crippen molar-refractivity contribution in [3.05, 3.63) is 11.3 Å². The zero-order chi connectivity index (χ0) is 13.0. The Bertz CT molecular complexity index is 367. The summed E-state index contributed by atoms with van der Waals surface area (Å²) in [6.45, 7) is 5.34. The summed E-state index contributed by atoms with van der Waals surface area (Å²) in [5, 5.41) is 7.23. The molecule has 1 fully saturated rings. The van der Waals surface area contributed by atoms with Gasteiger partial charge in [-0.25, -0.2) is 0 Å². The van der Waals surface area contributed by atoms with Gasteiger partial charge < -0.3 is 10.5 Å². The van der Waals surface area contributed by atoms with Crippen LogP contribution in [0, 0.1) is 5.92 Å². The van der Waals surface area contributed by atoms with Crippen molar-refractivity contribution in [3.63, 3.8) is 0 Å². The Morgan fingerprint density at radius 1 is 1.44 bits per heavy atom. The summed E-state index contributed by atoms with van der Waals surface area (Å²) in [6.07, 6.45) is 7.21. The molecule has 0 spiro atoms. The number of aromatic nitrogens is 2. The molecular weight excluding hydrogens is 226 g/mol. The molecule has 2 rings (SSSR count). The van der Waals surface area contributed by atoms with Crippen LogP contribution in [0.2, 0.25) is 0 Å². The first kappa shape index (κ1) is 13.4. The van der Waals surface area contributed by atoms with Crippen molar-refractivity contribution in [2.75, 3.05) is 12.3 Å². The lowest BCUT2D eigenvalue weighted by Crippen LogP contribution is -2.19. The number of aromatic amines is 1. The highest BCUT2D eigenvalue weighted by Crippen LogP contribution is 2.22. The van der Waals surface area contributed by atoms with Gasteiger partial charge in [0.25, 0.3) is 0 Å². The highest BCUT2D eigenvalue weighted by Gasteiger charge is 2.17. The van der Waals surface area contributed by atoms with Gasteiger partial charge in [-0.2, -0.15) is 5.10 Å². The SMILES string of the molecule is CC(C)Cc1c(N)n[nH]c1CCC1CCCCO1. The minimum atomic E-state index is 0.426. The summed E-state index contributed by atoms with van der Waals surface area (Å²) in [4.78, 5) is 0. The molecule has 0 saturated carbocycles. The molecule has 4 heteroatoms. The smallest absolute Gasteiger partial charge is 0.148 e. The van der Waals surface area contributed by atoms with Crippen LogP contribution in [0.25, 0.3) is 0 Å². The molecule has 1 unspecified atom stereocenters. The van der Waals surface area contributed by atoms with E-state index in [1.54, 1.807) is 0 Å². The lowest BCUT2D eigenvalue weighted by atomic mass is 9.98. The zero-order valence-corrected chi connectivity index (χ0v) is 11.5. The van der Waals surface area contributed by atoms with Crippen LogP contribution in [0.5, 0.6) is 0 Å². The van der Waals surface area contributed by atoms with Crippen molar-refractivity contribution in [1.29, 1.82) is 0 Å². The van der Waals surface area contributed by atoms with Gasteiger partial charge in [-0.05, 0) is 44.4 Å². The lowest BCUT2D eigenvalue weighted by Gasteiger charge is -2.22. The van der Waals surface area contributed by atoms with E-state index >= 15 is 0 Å². The Hall–Kier alpha value is -1.03. The van der Waals surface area contributed by atoms with Crippen molar-refractivity contribution in [1.82, 2.24) is 10.2 Å². The monoisotopic (exact) mass is 251 g/mol. The van der Waals surface area contributed by atoms with Crippen LogP contribution in [-0.4, -0.2) is 22.9 Å². The first-order chi connectivity index (χ1) is 8.66. The average Bonchev–Trinajstić information content (AvgIpc) is 2.69. The third-order valence-corrected chi connectivity index (χ3v) is 3.59. The van der Waals surface area contributed by atoms with Crippen LogP contribution >= 0.6 is 0 Å². The molecule has 1 atom stereocenters. The molecule has 0 aromatic carbocycles. The molecule has 102 valence electrons. The van der Waals surface area contributed by atoms with Gasteiger partial charge >= 0.3 is 0 Å². The van der Waals surface area contributed by atoms with E-state index in [0.29, 0.717) is 17.8 Å². The fraction of sp³-hybridized carbons (Fsp3) is 0.786. The van der Waals surface area contributed by atoms with Gasteiger partial charge in [-0.15, -0.1) is 0 Å². The van der Waals surface area contributed by atoms with Crippen LogP contribution < -0.4 is 5.73 Å². The number of nitrogens with zero attached hydrogens (tertiary/aromatic N) is 1. The Balaban J connectivity index is 1.91. The predicted molar refractivity (Wildman–Crippen MR) is 73.5 cm³/mol. The van der Waals surface area contributed by atoms with Crippen molar-refractivity contribution in [2.45, 2.75) is 58.5 Å². The Kier molecular flexibility index (Phi) is 4.64. The second kappa shape index (κ2) is 6.23. The van der Waals surface area contributed by atoms with E-state index in [1.807, 2.05) is 0 Å². The summed E-state index contributed by atoms with van der Waals surface area (Å²) in [6, 6.07) is 0. The fourth-order valence-corrected chi connectivity index (χ4v) is 2.60. The molecule has 18 heavy (non-hydrogen) atoms. The molecular formula is C14H25N3O. The van der Waals surface area contributed by atoms with Crippen molar-refractivity contribution in [3.8, 4) is 0 Å². The molecule has 0 aliphatic carbocycles. The number of anilines is 1. The maximum Gasteiger partial charge on any atom is 0.148 e. The largest absolute Gasteiger partial charge is 0.382 e. The fourth-order valence-electron chi connectivity index (χ4n) is 2.60. The van der Waals surface area contributed by atoms with Gasteiger partial charge in [0.05, 0.1) is 6.10 Å². The van der Waals surface area contributed by atoms with E-state index in [1.165, 1.54) is 30.5 Å². The third-order valence-electron chi connectivity index (χ3n) is 3.59. The number of nitrogens with two attached hydrogens (primary N) is 1. The number of hydrogen-bond donors (Lipinski definition) is 2. The summed E-state index contributed by atoms with van der Waals surface area (Å²) in [5.41, 5.74) is 8.34. The zero-order valence-electron chi connectivity index (χ0n) is 11.5. The number of rotatable bonds is 5. The Morgan fingerprint density at radius 2 is 2.28 bits per heavy atom. The number of H-pyrrole nitrogens is 1. The Labute approximate surface area is 109 Å². The van der Waals surface area contributed by atoms with Gasteiger partial charge in [0, 0.05) is 17.9 Å². The van der Waals surface area contributed by atoms with E-state index in [4.69, 9.17) is 10.5 Å². The summed E-state index contributed by atoms with van der Waals surface area (Å²) < 4.78 is 5.76. The summed E-state index contributed by atoms with van der Waals surface area (Å²) in [5.74, 6) is 1.28. The molecule has 1 aliphatic heterocycles. The Morgan fingerprint density at radius 3 is 2.94 bits per heavy atom. The van der Waals surface area contributed by atoms with E-state index in [2.05, 4.69) is 24.0 Å². The van der Waals surface area contributed by atoms with Crippen LogP contribution in [0.15, 0.2) is 0 Å². The molecule has 1 saturated heterocycles. The third kappa shape index (κ3) is 3.48. The normalized spacial score (nSPS) is 20.5. The van der Waals surface area contributed by atoms with E-state index in [-0.39, 0.29) is 0 Å². The molecule has 0 amide bonds. The van der Waals surface area contributed by atoms with Crippen LogP contribution in [0.1, 0.15) is 50.8 Å². The maximum atomic E-state index is 5.92. The summed E-state index contributed by atoms with van der Waals surface area (Å²) in [7, 11) is 0. The molecule has 0 bridgehead atoms. The first-order valence-corrected chi connectivity index (χ1v) is 7.10. The number of nitrogen functional groups attached to an aromatic ring is 1. The molecule has 1 aromatic rings. The molecule has 0 radical (unpaired) electrons. The molecule has 1 aromatic heterocycles. The number of hydrogen-bond acceptors (Lipinski definition) is 3. The predicted octanol–water partition coefficient (Wildman–Crippen LogP) is 2.69.